The lowest BCUT2D eigenvalue weighted by molar-refractivity contribution is 0.262. The molecule has 0 fully saturated rings. The molecule has 2 aromatic rings. The van der Waals surface area contributed by atoms with Crippen LogP contribution in [0, 0.1) is 0 Å². The molecule has 6 heteroatoms. The molecule has 20 heavy (non-hydrogen) atoms. The summed E-state index contributed by atoms with van der Waals surface area (Å²) in [5.41, 5.74) is 1.76. The van der Waals surface area contributed by atoms with E-state index in [1.54, 1.807) is 42.5 Å². The monoisotopic (exact) mass is 354 g/mol. The summed E-state index contributed by atoms with van der Waals surface area (Å²) < 4.78 is 0.737. The lowest BCUT2D eigenvalue weighted by Gasteiger charge is -2.12. The third-order valence-electron chi connectivity index (χ3n) is 2.61. The van der Waals surface area contributed by atoms with Crippen molar-refractivity contribution >= 4 is 44.9 Å². The quantitative estimate of drug-likeness (QED) is 0.771. The molecule has 0 aromatic heterocycles. The second kappa shape index (κ2) is 6.74. The molecule has 0 spiro atoms. The minimum absolute atomic E-state index is 0.172. The lowest BCUT2D eigenvalue weighted by atomic mass is 10.2. The molecular weight excluding hydrogens is 344 g/mol. The number of urea groups is 1. The first kappa shape index (κ1) is 14.8. The van der Waals surface area contributed by atoms with Gasteiger partial charge in [-0.15, -0.1) is 0 Å². The van der Waals surface area contributed by atoms with E-state index in [9.17, 15) is 9.90 Å². The Morgan fingerprint density at radius 1 is 1.20 bits per heavy atom. The van der Waals surface area contributed by atoms with E-state index in [4.69, 9.17) is 11.6 Å². The molecule has 0 radical (unpaired) electrons. The summed E-state index contributed by atoms with van der Waals surface area (Å²) >= 11 is 9.17. The van der Waals surface area contributed by atoms with Crippen LogP contribution in [0.15, 0.2) is 46.9 Å². The highest BCUT2D eigenvalue weighted by Gasteiger charge is 2.09. The zero-order valence-corrected chi connectivity index (χ0v) is 12.7. The number of halogens is 2. The van der Waals surface area contributed by atoms with Gasteiger partial charge in [0, 0.05) is 26.4 Å². The fourth-order valence-corrected chi connectivity index (χ4v) is 2.37. The first-order chi connectivity index (χ1) is 9.60. The van der Waals surface area contributed by atoms with Crippen molar-refractivity contribution < 1.29 is 9.90 Å². The van der Waals surface area contributed by atoms with Crippen molar-refractivity contribution in [1.82, 2.24) is 0 Å². The number of amides is 2. The molecule has 0 atom stereocenters. The highest BCUT2D eigenvalue weighted by molar-refractivity contribution is 9.10. The van der Waals surface area contributed by atoms with E-state index in [0.29, 0.717) is 22.0 Å². The van der Waals surface area contributed by atoms with Gasteiger partial charge >= 0.3 is 6.03 Å². The molecule has 3 N–H and O–H groups in total. The van der Waals surface area contributed by atoms with Crippen molar-refractivity contribution in [1.29, 1.82) is 0 Å². The number of nitrogens with one attached hydrogen (secondary N) is 2. The molecule has 2 aromatic carbocycles. The average Bonchev–Trinajstić information content (AvgIpc) is 2.38. The van der Waals surface area contributed by atoms with Gasteiger partial charge in [0.15, 0.2) is 0 Å². The van der Waals surface area contributed by atoms with Crippen LogP contribution in [0.2, 0.25) is 5.02 Å². The Morgan fingerprint density at radius 3 is 2.65 bits per heavy atom. The molecule has 0 saturated heterocycles. The second-order valence-corrected chi connectivity index (χ2v) is 5.30. The highest BCUT2D eigenvalue weighted by Crippen LogP contribution is 2.25. The van der Waals surface area contributed by atoms with Gasteiger partial charge in [0.25, 0.3) is 0 Å². The van der Waals surface area contributed by atoms with Crippen molar-refractivity contribution in [3.8, 4) is 0 Å². The third-order valence-corrected chi connectivity index (χ3v) is 3.59. The van der Waals surface area contributed by atoms with Gasteiger partial charge < -0.3 is 15.7 Å². The molecule has 2 amide bonds. The SMILES string of the molecule is O=C(Nc1cccc(Cl)c1)Nc1cccc(Br)c1CO. The minimum Gasteiger partial charge on any atom is -0.392 e. The topological polar surface area (TPSA) is 61.4 Å². The van der Waals surface area contributed by atoms with E-state index in [2.05, 4.69) is 26.6 Å². The van der Waals surface area contributed by atoms with Gasteiger partial charge in [-0.25, -0.2) is 4.79 Å². The minimum atomic E-state index is -0.403. The Kier molecular flexibility index (Phi) is 5.00. The molecule has 0 saturated carbocycles. The fraction of sp³-hybridized carbons (Fsp3) is 0.0714. The summed E-state index contributed by atoms with van der Waals surface area (Å²) in [6, 6.07) is 11.7. The Labute approximate surface area is 129 Å². The Balaban J connectivity index is 2.11. The van der Waals surface area contributed by atoms with E-state index in [1.807, 2.05) is 0 Å². The molecule has 0 aliphatic heterocycles. The van der Waals surface area contributed by atoms with Crippen molar-refractivity contribution in [3.05, 3.63) is 57.5 Å². The summed E-state index contributed by atoms with van der Waals surface area (Å²) in [5.74, 6) is 0. The number of aliphatic hydroxyl groups excluding tert-OH is 1. The number of rotatable bonds is 3. The van der Waals surface area contributed by atoms with Crippen molar-refractivity contribution in [2.45, 2.75) is 6.61 Å². The van der Waals surface area contributed by atoms with E-state index >= 15 is 0 Å². The smallest absolute Gasteiger partial charge is 0.323 e. The van der Waals surface area contributed by atoms with Gasteiger partial charge in [0.2, 0.25) is 0 Å². The zero-order valence-electron chi connectivity index (χ0n) is 10.4. The molecule has 0 unspecified atom stereocenters. The van der Waals surface area contributed by atoms with E-state index in [0.717, 1.165) is 4.47 Å². The number of anilines is 2. The van der Waals surface area contributed by atoms with E-state index < -0.39 is 6.03 Å². The molecule has 0 heterocycles. The second-order valence-electron chi connectivity index (χ2n) is 4.01. The number of aliphatic hydroxyl groups is 1. The first-order valence-corrected chi connectivity index (χ1v) is 6.99. The molecule has 4 nitrogen and oxygen atoms in total. The molecule has 2 rings (SSSR count). The summed E-state index contributed by atoms with van der Waals surface area (Å²) in [7, 11) is 0. The van der Waals surface area contributed by atoms with Crippen LogP contribution in [-0.4, -0.2) is 11.1 Å². The van der Waals surface area contributed by atoms with Gasteiger partial charge in [-0.3, -0.25) is 0 Å². The van der Waals surface area contributed by atoms with Crippen LogP contribution in [0.5, 0.6) is 0 Å². The van der Waals surface area contributed by atoms with Crippen LogP contribution in [0.25, 0.3) is 0 Å². The maximum atomic E-state index is 11.9. The first-order valence-electron chi connectivity index (χ1n) is 5.82. The standard InChI is InChI=1S/C14H12BrClN2O2/c15-12-5-2-6-13(11(12)8-19)18-14(20)17-10-4-1-3-9(16)7-10/h1-7,19H,8H2,(H2,17,18,20). The predicted octanol–water partition coefficient (Wildman–Crippen LogP) is 4.24. The average molecular weight is 356 g/mol. The number of carbonyl (C=O) groups is 1. The third kappa shape index (κ3) is 3.72. The number of benzene rings is 2. The van der Waals surface area contributed by atoms with Crippen LogP contribution in [-0.2, 0) is 6.61 Å². The Hall–Kier alpha value is -1.56. The highest BCUT2D eigenvalue weighted by atomic mass is 79.9. The number of carbonyl (C=O) groups excluding carboxylic acids is 1. The van der Waals surface area contributed by atoms with Gasteiger partial charge in [0.1, 0.15) is 0 Å². The van der Waals surface area contributed by atoms with Crippen LogP contribution in [0.3, 0.4) is 0 Å². The summed E-state index contributed by atoms with van der Waals surface area (Å²) in [6.07, 6.45) is 0. The van der Waals surface area contributed by atoms with Crippen molar-refractivity contribution in [3.63, 3.8) is 0 Å². The van der Waals surface area contributed by atoms with Crippen LogP contribution in [0.4, 0.5) is 16.2 Å². The van der Waals surface area contributed by atoms with Gasteiger partial charge in [-0.1, -0.05) is 39.7 Å². The maximum absolute atomic E-state index is 11.9. The zero-order chi connectivity index (χ0) is 14.5. The van der Waals surface area contributed by atoms with Crippen molar-refractivity contribution in [2.24, 2.45) is 0 Å². The van der Waals surface area contributed by atoms with Crippen molar-refractivity contribution in [2.75, 3.05) is 10.6 Å². The number of hydrogen-bond acceptors (Lipinski definition) is 2. The maximum Gasteiger partial charge on any atom is 0.323 e. The molecular formula is C14H12BrClN2O2. The summed E-state index contributed by atoms with van der Waals surface area (Å²) in [4.78, 5) is 11.9. The predicted molar refractivity (Wildman–Crippen MR) is 84.2 cm³/mol. The molecule has 0 bridgehead atoms. The van der Waals surface area contributed by atoms with E-state index in [1.165, 1.54) is 0 Å². The van der Waals surface area contributed by atoms with Gasteiger partial charge in [-0.05, 0) is 30.3 Å². The number of hydrogen-bond donors (Lipinski definition) is 3. The molecule has 0 aliphatic rings. The Morgan fingerprint density at radius 2 is 1.95 bits per heavy atom. The largest absolute Gasteiger partial charge is 0.392 e. The molecule has 104 valence electrons. The van der Waals surface area contributed by atoms with E-state index in [-0.39, 0.29) is 6.61 Å². The van der Waals surface area contributed by atoms with Gasteiger partial charge in [0.05, 0.1) is 6.61 Å². The summed E-state index contributed by atoms with van der Waals surface area (Å²) in [6.45, 7) is -0.172. The normalized spacial score (nSPS) is 10.2. The molecule has 0 aliphatic carbocycles. The van der Waals surface area contributed by atoms with Crippen LogP contribution in [0.1, 0.15) is 5.56 Å². The fourth-order valence-electron chi connectivity index (χ4n) is 1.69. The summed E-state index contributed by atoms with van der Waals surface area (Å²) in [5, 5.41) is 15.2. The van der Waals surface area contributed by atoms with Crippen LogP contribution < -0.4 is 10.6 Å². The lowest BCUT2D eigenvalue weighted by Crippen LogP contribution is -2.20. The van der Waals surface area contributed by atoms with Gasteiger partial charge in [-0.2, -0.15) is 0 Å². The van der Waals surface area contributed by atoms with Crippen LogP contribution >= 0.6 is 27.5 Å². The Bertz CT molecular complexity index is 634.